The Labute approximate surface area is 302 Å². The number of benzene rings is 4. The number of rotatable bonds is 2. The first-order valence-electron chi connectivity index (χ1n) is 14.3. The van der Waals surface area contributed by atoms with Gasteiger partial charge in [-0.05, 0) is 17.4 Å². The molecular formula is C39H38Cl4Zr-2. The molecule has 0 atom stereocenters. The van der Waals surface area contributed by atoms with Gasteiger partial charge in [-0.15, -0.1) is 12.0 Å². The van der Waals surface area contributed by atoms with Crippen molar-refractivity contribution in [3.05, 3.63) is 153 Å². The van der Waals surface area contributed by atoms with Gasteiger partial charge < -0.3 is 24.8 Å². The van der Waals surface area contributed by atoms with Gasteiger partial charge in [0.1, 0.15) is 0 Å². The molecule has 0 nitrogen and oxygen atoms in total. The summed E-state index contributed by atoms with van der Waals surface area (Å²) in [4.78, 5) is 0. The molecule has 5 heteroatoms. The molecular weight excluding hydrogens is 701 g/mol. The first-order valence-corrected chi connectivity index (χ1v) is 16.3. The molecule has 4 aromatic rings. The average molecular weight is 740 g/mol. The van der Waals surface area contributed by atoms with Crippen LogP contribution in [-0.4, -0.2) is 3.21 Å². The molecule has 0 bridgehead atoms. The van der Waals surface area contributed by atoms with Gasteiger partial charge in [0.25, 0.3) is 0 Å². The molecule has 228 valence electrons. The van der Waals surface area contributed by atoms with Crippen LogP contribution >= 0.6 is 23.2 Å². The molecule has 0 fully saturated rings. The standard InChI is InChI=1S/C21H25.C13H8Cl2.C5H5.2ClH.Zr/c1-20(2,3)16-9-7-14-11-15-8-10-17(21(4,5)6)13-19(15)18(14)12-16;14-12-5-1-3-10(8-12)7-11-4-2-6-13(15)9-11;1-2-4-5-3-1;;;/h7,9-10,12-13H,11H2,1-6H3;1-6,8-9H;1-3H,4H2;2*1H;/q-1;;-1;;;+2/p-2. The minimum absolute atomic E-state index is 0. The Bertz CT molecular complexity index is 1520. The second-order valence-electron chi connectivity index (χ2n) is 12.7. The van der Waals surface area contributed by atoms with Gasteiger partial charge in [0, 0.05) is 0 Å². The van der Waals surface area contributed by atoms with E-state index in [0.717, 1.165) is 34.0 Å². The van der Waals surface area contributed by atoms with Gasteiger partial charge in [-0.2, -0.15) is 35.4 Å². The van der Waals surface area contributed by atoms with Crippen LogP contribution in [0.4, 0.5) is 0 Å². The summed E-state index contributed by atoms with van der Waals surface area (Å²) < 4.78 is 1.26. The summed E-state index contributed by atoms with van der Waals surface area (Å²) in [5.41, 5.74) is 11.1. The zero-order chi connectivity index (χ0) is 30.5. The van der Waals surface area contributed by atoms with Gasteiger partial charge in [-0.3, -0.25) is 6.08 Å². The number of halogens is 4. The van der Waals surface area contributed by atoms with E-state index in [2.05, 4.69) is 102 Å². The predicted molar refractivity (Wildman–Crippen MR) is 179 cm³/mol. The van der Waals surface area contributed by atoms with Crippen molar-refractivity contribution in [3.63, 3.8) is 0 Å². The zero-order valence-electron chi connectivity index (χ0n) is 26.2. The molecule has 6 rings (SSSR count). The van der Waals surface area contributed by atoms with Crippen LogP contribution in [-0.2, 0) is 41.5 Å². The van der Waals surface area contributed by atoms with Crippen molar-refractivity contribution in [3.8, 4) is 11.1 Å². The molecule has 0 unspecified atom stereocenters. The Hall–Kier alpha value is -1.73. The Kier molecular flexibility index (Phi) is 14.6. The monoisotopic (exact) mass is 736 g/mol. The second-order valence-corrected chi connectivity index (χ2v) is 14.8. The van der Waals surface area contributed by atoms with Gasteiger partial charge in [0.05, 0.1) is 0 Å². The largest absolute Gasteiger partial charge is 1.00 e. The SMILES string of the molecule is CC(C)(C)c1c[c-]c2c(c1)-c1cc(C(C)(C)C)ccc1C2.Clc1cccc([C](=[Zr+2])c2cccc(Cl)c2)c1.[C-]1=CC=CC1.[Cl-].[Cl-]. The molecule has 0 saturated carbocycles. The third-order valence-electron chi connectivity index (χ3n) is 7.34. The van der Waals surface area contributed by atoms with E-state index in [9.17, 15) is 0 Å². The van der Waals surface area contributed by atoms with Crippen molar-refractivity contribution < 1.29 is 49.0 Å². The van der Waals surface area contributed by atoms with Crippen LogP contribution in [0.3, 0.4) is 0 Å². The van der Waals surface area contributed by atoms with Gasteiger partial charge in [-0.1, -0.05) is 76.3 Å². The molecule has 0 radical (unpaired) electrons. The molecule has 2 aliphatic rings. The van der Waals surface area contributed by atoms with Gasteiger partial charge >= 0.3 is 120 Å². The first kappa shape index (κ1) is 38.5. The molecule has 0 aromatic heterocycles. The zero-order valence-corrected chi connectivity index (χ0v) is 31.6. The summed E-state index contributed by atoms with van der Waals surface area (Å²) >= 11 is 13.3. The number of hydrogen-bond acceptors (Lipinski definition) is 0. The van der Waals surface area contributed by atoms with Crippen LogP contribution < -0.4 is 24.8 Å². The minimum Gasteiger partial charge on any atom is -1.00 e. The van der Waals surface area contributed by atoms with Gasteiger partial charge in [0.15, 0.2) is 0 Å². The third-order valence-corrected chi connectivity index (χ3v) is 9.23. The van der Waals surface area contributed by atoms with Crippen LogP contribution in [0.5, 0.6) is 0 Å². The summed E-state index contributed by atoms with van der Waals surface area (Å²) in [6.45, 7) is 13.6. The normalized spacial score (nSPS) is 12.4. The molecule has 2 aliphatic carbocycles. The summed E-state index contributed by atoms with van der Waals surface area (Å²) in [6.07, 6.45) is 11.0. The Morgan fingerprint density at radius 1 is 0.727 bits per heavy atom. The summed E-state index contributed by atoms with van der Waals surface area (Å²) in [5, 5.41) is 1.53. The molecule has 0 amide bonds. The Morgan fingerprint density at radius 3 is 1.75 bits per heavy atom. The predicted octanol–water partition coefficient (Wildman–Crippen LogP) is 5.08. The molecule has 44 heavy (non-hydrogen) atoms. The van der Waals surface area contributed by atoms with E-state index in [1.54, 1.807) is 0 Å². The van der Waals surface area contributed by atoms with E-state index >= 15 is 0 Å². The smallest absolute Gasteiger partial charge is 0.109 e. The summed E-state index contributed by atoms with van der Waals surface area (Å²) in [5.74, 6) is 0. The van der Waals surface area contributed by atoms with E-state index < -0.39 is 0 Å². The van der Waals surface area contributed by atoms with Crippen molar-refractivity contribution >= 4 is 26.4 Å². The second kappa shape index (κ2) is 16.7. The minimum atomic E-state index is 0. The van der Waals surface area contributed by atoms with E-state index in [0.29, 0.717) is 0 Å². The molecule has 0 N–H and O–H groups in total. The maximum absolute atomic E-state index is 5.98. The first-order chi connectivity index (χ1) is 19.8. The van der Waals surface area contributed by atoms with Crippen LogP contribution in [0.1, 0.15) is 81.3 Å². The molecule has 0 spiro atoms. The maximum atomic E-state index is 5.98. The van der Waals surface area contributed by atoms with Gasteiger partial charge in [-0.25, -0.2) is 12.2 Å². The van der Waals surface area contributed by atoms with Gasteiger partial charge in [0.2, 0.25) is 0 Å². The van der Waals surface area contributed by atoms with Crippen LogP contribution in [0.25, 0.3) is 11.1 Å². The number of allylic oxidation sites excluding steroid dienone is 4. The van der Waals surface area contributed by atoms with Crippen molar-refractivity contribution in [1.29, 1.82) is 0 Å². The summed E-state index contributed by atoms with van der Waals surface area (Å²) in [6, 6.07) is 30.8. The van der Waals surface area contributed by atoms with Crippen molar-refractivity contribution in [2.24, 2.45) is 0 Å². The van der Waals surface area contributed by atoms with E-state index in [1.165, 1.54) is 60.8 Å². The number of fused-ring (bicyclic) bond motifs is 3. The third kappa shape index (κ3) is 10.4. The summed E-state index contributed by atoms with van der Waals surface area (Å²) in [7, 11) is 0. The van der Waals surface area contributed by atoms with Crippen LogP contribution in [0.2, 0.25) is 10.0 Å². The Morgan fingerprint density at radius 2 is 1.30 bits per heavy atom. The molecule has 4 aromatic carbocycles. The molecule has 0 saturated heterocycles. The fourth-order valence-corrected chi connectivity index (χ4v) is 5.92. The number of hydrogen-bond donors (Lipinski definition) is 0. The Balaban J connectivity index is 0.000000260. The fourth-order valence-electron chi connectivity index (χ4n) is 4.78. The van der Waals surface area contributed by atoms with E-state index in [1.807, 2.05) is 48.6 Å². The van der Waals surface area contributed by atoms with E-state index in [-0.39, 0.29) is 35.6 Å². The topological polar surface area (TPSA) is 0 Å². The van der Waals surface area contributed by atoms with Crippen LogP contribution in [0, 0.1) is 12.1 Å². The van der Waals surface area contributed by atoms with E-state index in [4.69, 9.17) is 23.2 Å². The van der Waals surface area contributed by atoms with Crippen molar-refractivity contribution in [2.75, 3.05) is 0 Å². The maximum Gasteiger partial charge on any atom is -0.109 e. The fraction of sp³-hybridized carbons (Fsp3) is 0.256. The molecule has 0 heterocycles. The van der Waals surface area contributed by atoms with Crippen molar-refractivity contribution in [2.45, 2.75) is 65.2 Å². The quantitative estimate of drug-likeness (QED) is 0.222. The van der Waals surface area contributed by atoms with Crippen molar-refractivity contribution in [1.82, 2.24) is 0 Å². The average Bonchev–Trinajstić information content (AvgIpc) is 3.63. The molecule has 0 aliphatic heterocycles. The van der Waals surface area contributed by atoms with Crippen LogP contribution in [0.15, 0.2) is 97.1 Å².